The lowest BCUT2D eigenvalue weighted by atomic mass is 10.2. The molecule has 0 aromatic carbocycles. The van der Waals surface area contributed by atoms with Gasteiger partial charge < -0.3 is 9.47 Å². The highest BCUT2D eigenvalue weighted by Gasteiger charge is 2.22. The fourth-order valence-electron chi connectivity index (χ4n) is 0.616. The Labute approximate surface area is 53.9 Å². The summed E-state index contributed by atoms with van der Waals surface area (Å²) in [4.78, 5) is 10.5. The molecule has 3 heteroatoms. The van der Waals surface area contributed by atoms with Gasteiger partial charge in [-0.15, -0.1) is 0 Å². The summed E-state index contributed by atoms with van der Waals surface area (Å²) < 4.78 is 9.33. The molecule has 1 rings (SSSR count). The van der Waals surface area contributed by atoms with Gasteiger partial charge in [-0.3, -0.25) is 4.79 Å². The number of rotatable bonds is 3. The summed E-state index contributed by atoms with van der Waals surface area (Å²) in [5.41, 5.74) is 0. The van der Waals surface area contributed by atoms with Crippen molar-refractivity contribution in [2.75, 3.05) is 13.7 Å². The summed E-state index contributed by atoms with van der Waals surface area (Å²) in [6, 6.07) is 0. The molecule has 0 saturated carbocycles. The standard InChI is InChI=1S/C6H10O3/c1-8-6(7)3-2-5-4-9-5/h5H,2-4H2,1H3/t5-/m1/s1. The molecule has 0 radical (unpaired) electrons. The van der Waals surface area contributed by atoms with Crippen molar-refractivity contribution in [3.63, 3.8) is 0 Å². The number of carbonyl (C=O) groups is 1. The van der Waals surface area contributed by atoms with Gasteiger partial charge in [-0.05, 0) is 6.42 Å². The van der Waals surface area contributed by atoms with Gasteiger partial charge in [-0.1, -0.05) is 0 Å². The Morgan fingerprint density at radius 1 is 1.89 bits per heavy atom. The summed E-state index contributed by atoms with van der Waals surface area (Å²) in [5, 5.41) is 0. The number of hydrogen-bond acceptors (Lipinski definition) is 3. The van der Waals surface area contributed by atoms with Gasteiger partial charge in [0.15, 0.2) is 0 Å². The Kier molecular flexibility index (Phi) is 2.05. The lowest BCUT2D eigenvalue weighted by Crippen LogP contribution is -2.01. The zero-order chi connectivity index (χ0) is 6.69. The molecule has 0 unspecified atom stereocenters. The molecule has 0 aromatic heterocycles. The van der Waals surface area contributed by atoms with Crippen molar-refractivity contribution in [1.29, 1.82) is 0 Å². The van der Waals surface area contributed by atoms with E-state index in [0.29, 0.717) is 12.5 Å². The van der Waals surface area contributed by atoms with Crippen molar-refractivity contribution in [3.8, 4) is 0 Å². The summed E-state index contributed by atoms with van der Waals surface area (Å²) in [6.07, 6.45) is 1.64. The summed E-state index contributed by atoms with van der Waals surface area (Å²) in [6.45, 7) is 0.816. The summed E-state index contributed by atoms with van der Waals surface area (Å²) in [7, 11) is 1.40. The van der Waals surface area contributed by atoms with E-state index in [2.05, 4.69) is 4.74 Å². The third kappa shape index (κ3) is 2.46. The second kappa shape index (κ2) is 2.82. The first kappa shape index (κ1) is 6.55. The maximum Gasteiger partial charge on any atom is 0.305 e. The maximum absolute atomic E-state index is 10.5. The zero-order valence-corrected chi connectivity index (χ0v) is 5.42. The van der Waals surface area contributed by atoms with Gasteiger partial charge in [0.2, 0.25) is 0 Å². The van der Waals surface area contributed by atoms with Crippen LogP contribution in [0.2, 0.25) is 0 Å². The largest absolute Gasteiger partial charge is 0.469 e. The highest BCUT2D eigenvalue weighted by Crippen LogP contribution is 2.15. The molecule has 9 heavy (non-hydrogen) atoms. The zero-order valence-electron chi connectivity index (χ0n) is 5.42. The van der Waals surface area contributed by atoms with Crippen LogP contribution in [0.15, 0.2) is 0 Å². The number of carbonyl (C=O) groups excluding carboxylic acids is 1. The SMILES string of the molecule is COC(=O)CC[C@@H]1CO1. The van der Waals surface area contributed by atoms with Gasteiger partial charge in [-0.2, -0.15) is 0 Å². The van der Waals surface area contributed by atoms with Gasteiger partial charge in [0.1, 0.15) is 0 Å². The van der Waals surface area contributed by atoms with Crippen molar-refractivity contribution in [2.24, 2.45) is 0 Å². The van der Waals surface area contributed by atoms with Crippen LogP contribution in [0.3, 0.4) is 0 Å². The van der Waals surface area contributed by atoms with Crippen LogP contribution in [0.4, 0.5) is 0 Å². The Hall–Kier alpha value is -0.570. The lowest BCUT2D eigenvalue weighted by molar-refractivity contribution is -0.140. The second-order valence-corrected chi connectivity index (χ2v) is 2.07. The van der Waals surface area contributed by atoms with Crippen molar-refractivity contribution in [2.45, 2.75) is 18.9 Å². The van der Waals surface area contributed by atoms with Gasteiger partial charge in [0.05, 0.1) is 19.8 Å². The van der Waals surface area contributed by atoms with Crippen LogP contribution in [0.5, 0.6) is 0 Å². The third-order valence-corrected chi connectivity index (χ3v) is 1.30. The van der Waals surface area contributed by atoms with E-state index in [1.54, 1.807) is 0 Å². The van der Waals surface area contributed by atoms with E-state index in [-0.39, 0.29) is 5.97 Å². The predicted molar refractivity (Wildman–Crippen MR) is 31.0 cm³/mol. The number of hydrogen-bond donors (Lipinski definition) is 0. The molecule has 52 valence electrons. The molecular weight excluding hydrogens is 120 g/mol. The summed E-state index contributed by atoms with van der Waals surface area (Å²) in [5.74, 6) is -0.148. The third-order valence-electron chi connectivity index (χ3n) is 1.30. The van der Waals surface area contributed by atoms with E-state index in [4.69, 9.17) is 4.74 Å². The fourth-order valence-corrected chi connectivity index (χ4v) is 0.616. The molecule has 1 saturated heterocycles. The van der Waals surface area contributed by atoms with E-state index in [9.17, 15) is 4.79 Å². The summed E-state index contributed by atoms with van der Waals surface area (Å²) >= 11 is 0. The van der Waals surface area contributed by atoms with Crippen LogP contribution in [0.1, 0.15) is 12.8 Å². The molecule has 1 aliphatic rings. The van der Waals surface area contributed by atoms with E-state index in [0.717, 1.165) is 13.0 Å². The molecule has 1 heterocycles. The van der Waals surface area contributed by atoms with Gasteiger partial charge in [0, 0.05) is 6.42 Å². The van der Waals surface area contributed by atoms with Gasteiger partial charge in [0.25, 0.3) is 0 Å². The Morgan fingerprint density at radius 2 is 2.56 bits per heavy atom. The van der Waals surface area contributed by atoms with Crippen molar-refractivity contribution < 1.29 is 14.3 Å². The van der Waals surface area contributed by atoms with Crippen LogP contribution in [0.25, 0.3) is 0 Å². The molecule has 0 aliphatic carbocycles. The maximum atomic E-state index is 10.5. The second-order valence-electron chi connectivity index (χ2n) is 2.07. The van der Waals surface area contributed by atoms with Gasteiger partial charge in [-0.25, -0.2) is 0 Å². The van der Waals surface area contributed by atoms with Crippen LogP contribution in [-0.2, 0) is 14.3 Å². The Bertz CT molecular complexity index is 107. The molecule has 1 aliphatic heterocycles. The number of methoxy groups -OCH3 is 1. The molecule has 1 fully saturated rings. The molecule has 0 spiro atoms. The molecule has 0 N–H and O–H groups in total. The molecule has 3 nitrogen and oxygen atoms in total. The topological polar surface area (TPSA) is 38.8 Å². The van der Waals surface area contributed by atoms with Crippen LogP contribution < -0.4 is 0 Å². The van der Waals surface area contributed by atoms with E-state index >= 15 is 0 Å². The van der Waals surface area contributed by atoms with E-state index in [1.165, 1.54) is 7.11 Å². The average molecular weight is 130 g/mol. The van der Waals surface area contributed by atoms with Crippen LogP contribution >= 0.6 is 0 Å². The number of esters is 1. The van der Waals surface area contributed by atoms with Crippen molar-refractivity contribution >= 4 is 5.97 Å². The molecule has 0 amide bonds. The molecule has 0 aromatic rings. The number of ether oxygens (including phenoxy) is 2. The highest BCUT2D eigenvalue weighted by molar-refractivity contribution is 5.69. The van der Waals surface area contributed by atoms with Gasteiger partial charge >= 0.3 is 5.97 Å². The first-order chi connectivity index (χ1) is 4.33. The minimum Gasteiger partial charge on any atom is -0.469 e. The quantitative estimate of drug-likeness (QED) is 0.408. The highest BCUT2D eigenvalue weighted by atomic mass is 16.6. The van der Waals surface area contributed by atoms with Crippen LogP contribution in [0, 0.1) is 0 Å². The Morgan fingerprint density at radius 3 is 3.00 bits per heavy atom. The minimum atomic E-state index is -0.148. The monoisotopic (exact) mass is 130 g/mol. The average Bonchev–Trinajstić information content (AvgIpc) is 2.65. The van der Waals surface area contributed by atoms with E-state index in [1.807, 2.05) is 0 Å². The first-order valence-electron chi connectivity index (χ1n) is 3.01. The normalized spacial score (nSPS) is 23.4. The van der Waals surface area contributed by atoms with Crippen molar-refractivity contribution in [1.82, 2.24) is 0 Å². The predicted octanol–water partition coefficient (Wildman–Crippen LogP) is 0.338. The van der Waals surface area contributed by atoms with Crippen LogP contribution in [-0.4, -0.2) is 25.8 Å². The Balaban J connectivity index is 1.96. The number of epoxide rings is 1. The molecule has 1 atom stereocenters. The lowest BCUT2D eigenvalue weighted by Gasteiger charge is -1.93. The first-order valence-corrected chi connectivity index (χ1v) is 3.01. The smallest absolute Gasteiger partial charge is 0.305 e. The fraction of sp³-hybridized carbons (Fsp3) is 0.833. The van der Waals surface area contributed by atoms with Crippen molar-refractivity contribution in [3.05, 3.63) is 0 Å². The molecular formula is C6H10O3. The van der Waals surface area contributed by atoms with E-state index < -0.39 is 0 Å². The minimum absolute atomic E-state index is 0.148. The molecule has 0 bridgehead atoms.